The molecule has 5 heterocycles. The number of ether oxygens (including phenoxy) is 1. The molecule has 0 bridgehead atoms. The molecular weight excluding hydrogens is 572 g/mol. The Morgan fingerprint density at radius 2 is 1.75 bits per heavy atom. The van der Waals surface area contributed by atoms with Crippen LogP contribution in [-0.4, -0.2) is 67.5 Å². The van der Waals surface area contributed by atoms with E-state index in [1.807, 2.05) is 26.2 Å². The molecule has 3 aliphatic rings. The van der Waals surface area contributed by atoms with Crippen molar-refractivity contribution >= 4 is 26.7 Å². The third-order valence-electron chi connectivity index (χ3n) is 10.4. The SMILES string of the molecule is COc1cc(C)c(S(=O)(=O)N2CCCC2c2nc3c(C4CNCCC45CCN(c4ccncc4)CC5)cccc3[nH]2)c(C)c1. The predicted molar refractivity (Wildman–Crippen MR) is 173 cm³/mol. The second-order valence-electron chi connectivity index (χ2n) is 12.8. The summed E-state index contributed by atoms with van der Waals surface area (Å²) in [6.07, 6.45) is 8.69. The van der Waals surface area contributed by atoms with Gasteiger partial charge in [-0.1, -0.05) is 12.1 Å². The van der Waals surface area contributed by atoms with Crippen molar-refractivity contribution in [1.29, 1.82) is 0 Å². The van der Waals surface area contributed by atoms with E-state index in [-0.39, 0.29) is 11.5 Å². The molecule has 4 aromatic rings. The molecule has 2 N–H and O–H groups in total. The maximum Gasteiger partial charge on any atom is 0.244 e. The second kappa shape index (κ2) is 11.5. The summed E-state index contributed by atoms with van der Waals surface area (Å²) in [5.74, 6) is 1.74. The average Bonchev–Trinajstić information content (AvgIpc) is 3.70. The smallest absolute Gasteiger partial charge is 0.244 e. The highest BCUT2D eigenvalue weighted by atomic mass is 32.2. The summed E-state index contributed by atoms with van der Waals surface area (Å²) < 4.78 is 35.3. The van der Waals surface area contributed by atoms with Crippen LogP contribution >= 0.6 is 0 Å². The van der Waals surface area contributed by atoms with Gasteiger partial charge in [0.15, 0.2) is 0 Å². The number of anilines is 1. The molecule has 2 atom stereocenters. The Hall–Kier alpha value is -3.47. The number of methoxy groups -OCH3 is 1. The number of hydrogen-bond acceptors (Lipinski definition) is 7. The molecule has 2 aromatic heterocycles. The lowest BCUT2D eigenvalue weighted by Gasteiger charge is -2.50. The van der Waals surface area contributed by atoms with Crippen molar-refractivity contribution in [3.05, 3.63) is 77.4 Å². The predicted octanol–water partition coefficient (Wildman–Crippen LogP) is 5.47. The Balaban J connectivity index is 1.20. The molecule has 2 aromatic carbocycles. The van der Waals surface area contributed by atoms with Gasteiger partial charge in [-0.15, -0.1) is 0 Å². The number of imidazole rings is 1. The molecule has 3 saturated heterocycles. The molecule has 0 radical (unpaired) electrons. The first-order valence-corrected chi connectivity index (χ1v) is 17.3. The van der Waals surface area contributed by atoms with Crippen LogP contribution in [-0.2, 0) is 10.0 Å². The third kappa shape index (κ3) is 4.97. The molecule has 10 heteroatoms. The zero-order valence-corrected chi connectivity index (χ0v) is 26.7. The maximum absolute atomic E-state index is 14.1. The largest absolute Gasteiger partial charge is 0.497 e. The number of aromatic amines is 1. The van der Waals surface area contributed by atoms with Crippen molar-refractivity contribution in [2.45, 2.75) is 62.8 Å². The summed E-state index contributed by atoms with van der Waals surface area (Å²) in [4.78, 5) is 15.8. The number of nitrogens with zero attached hydrogens (tertiary/aromatic N) is 4. The first kappa shape index (κ1) is 29.3. The molecule has 1 spiro atoms. The van der Waals surface area contributed by atoms with E-state index in [0.29, 0.717) is 34.2 Å². The van der Waals surface area contributed by atoms with E-state index < -0.39 is 10.0 Å². The van der Waals surface area contributed by atoms with E-state index >= 15 is 0 Å². The van der Waals surface area contributed by atoms with Crippen LogP contribution in [0, 0.1) is 19.3 Å². The van der Waals surface area contributed by atoms with Crippen LogP contribution in [0.15, 0.2) is 59.8 Å². The number of benzene rings is 2. The van der Waals surface area contributed by atoms with Gasteiger partial charge >= 0.3 is 0 Å². The number of aromatic nitrogens is 3. The zero-order chi connectivity index (χ0) is 30.5. The molecule has 0 saturated carbocycles. The minimum atomic E-state index is -3.74. The maximum atomic E-state index is 14.1. The molecule has 7 rings (SSSR count). The Labute approximate surface area is 260 Å². The molecular formula is C34H42N6O3S. The number of pyridine rings is 1. The first-order chi connectivity index (χ1) is 21.3. The van der Waals surface area contributed by atoms with E-state index in [9.17, 15) is 8.42 Å². The molecule has 44 heavy (non-hydrogen) atoms. The monoisotopic (exact) mass is 614 g/mol. The standard InChI is InChI=1S/C34H42N6O3S/c1-23-20-26(43-3)21-24(2)32(23)44(41,42)40-17-5-8-30(40)33-37-29-7-4-6-27(31(29)38-33)28-22-36-16-11-34(28)12-18-39(19-13-34)25-9-14-35-15-10-25/h4,6-7,9-10,14-15,20-21,28,30,36H,5,8,11-13,16-19,22H2,1-3H3,(H,37,38). The highest BCUT2D eigenvalue weighted by molar-refractivity contribution is 7.89. The normalized spacial score (nSPS) is 22.6. The van der Waals surface area contributed by atoms with Gasteiger partial charge in [0.25, 0.3) is 0 Å². The van der Waals surface area contributed by atoms with E-state index in [2.05, 4.69) is 50.5 Å². The van der Waals surface area contributed by atoms with Crippen LogP contribution in [0.4, 0.5) is 5.69 Å². The van der Waals surface area contributed by atoms with Gasteiger partial charge in [0.05, 0.1) is 29.1 Å². The van der Waals surface area contributed by atoms with E-state index in [1.165, 1.54) is 11.3 Å². The summed E-state index contributed by atoms with van der Waals surface area (Å²) >= 11 is 0. The quantitative estimate of drug-likeness (QED) is 0.297. The van der Waals surface area contributed by atoms with E-state index in [4.69, 9.17) is 9.72 Å². The summed E-state index contributed by atoms with van der Waals surface area (Å²) in [5, 5.41) is 3.68. The van der Waals surface area contributed by atoms with Gasteiger partial charge in [-0.05, 0) is 105 Å². The van der Waals surface area contributed by atoms with Crippen molar-refractivity contribution in [2.24, 2.45) is 5.41 Å². The Kier molecular flexibility index (Phi) is 7.63. The van der Waals surface area contributed by atoms with Crippen molar-refractivity contribution in [2.75, 3.05) is 44.7 Å². The van der Waals surface area contributed by atoms with Gasteiger partial charge < -0.3 is 19.9 Å². The van der Waals surface area contributed by atoms with Gasteiger partial charge in [-0.2, -0.15) is 4.31 Å². The van der Waals surface area contributed by atoms with E-state index in [1.54, 1.807) is 23.5 Å². The fourth-order valence-electron chi connectivity index (χ4n) is 8.14. The number of H-pyrrole nitrogens is 1. The minimum Gasteiger partial charge on any atom is -0.497 e. The lowest BCUT2D eigenvalue weighted by Crippen LogP contribution is -2.50. The number of fused-ring (bicyclic) bond motifs is 1. The Morgan fingerprint density at radius 1 is 1.00 bits per heavy atom. The highest BCUT2D eigenvalue weighted by Crippen LogP contribution is 2.50. The lowest BCUT2D eigenvalue weighted by atomic mass is 9.62. The fourth-order valence-corrected chi connectivity index (χ4v) is 10.2. The molecule has 3 aliphatic heterocycles. The van der Waals surface area contributed by atoms with E-state index in [0.717, 1.165) is 75.1 Å². The number of sulfonamides is 1. The van der Waals surface area contributed by atoms with Crippen molar-refractivity contribution < 1.29 is 13.2 Å². The van der Waals surface area contributed by atoms with Gasteiger partial charge in [0, 0.05) is 50.2 Å². The Bertz CT molecular complexity index is 1740. The number of aryl methyl sites for hydroxylation is 2. The number of para-hydroxylation sites is 1. The number of piperidine rings is 2. The summed E-state index contributed by atoms with van der Waals surface area (Å²) in [5.41, 5.74) is 6.07. The Morgan fingerprint density at radius 3 is 2.48 bits per heavy atom. The van der Waals surface area contributed by atoms with Crippen LogP contribution in [0.2, 0.25) is 0 Å². The molecule has 0 amide bonds. The van der Waals surface area contributed by atoms with Gasteiger partial charge in [-0.25, -0.2) is 13.4 Å². The van der Waals surface area contributed by atoms with Crippen molar-refractivity contribution in [3.63, 3.8) is 0 Å². The minimum absolute atomic E-state index is 0.203. The molecule has 3 fully saturated rings. The lowest BCUT2D eigenvalue weighted by molar-refractivity contribution is 0.122. The van der Waals surface area contributed by atoms with Crippen molar-refractivity contribution in [3.8, 4) is 5.75 Å². The highest BCUT2D eigenvalue weighted by Gasteiger charge is 2.45. The molecule has 9 nitrogen and oxygen atoms in total. The van der Waals surface area contributed by atoms with Crippen molar-refractivity contribution in [1.82, 2.24) is 24.6 Å². The zero-order valence-electron chi connectivity index (χ0n) is 25.8. The van der Waals surface area contributed by atoms with Gasteiger partial charge in [-0.3, -0.25) is 4.98 Å². The molecule has 0 aliphatic carbocycles. The van der Waals surface area contributed by atoms with Gasteiger partial charge in [0.2, 0.25) is 10.0 Å². The van der Waals surface area contributed by atoms with Crippen LogP contribution in [0.1, 0.15) is 66.6 Å². The first-order valence-electron chi connectivity index (χ1n) is 15.8. The summed E-state index contributed by atoms with van der Waals surface area (Å²) in [6.45, 7) is 8.18. The third-order valence-corrected chi connectivity index (χ3v) is 12.6. The molecule has 2 unspecified atom stereocenters. The van der Waals surface area contributed by atoms with Crippen LogP contribution < -0.4 is 15.0 Å². The topological polar surface area (TPSA) is 103 Å². The molecule has 232 valence electrons. The summed E-state index contributed by atoms with van der Waals surface area (Å²) in [7, 11) is -2.14. The van der Waals surface area contributed by atoms with Crippen LogP contribution in [0.5, 0.6) is 5.75 Å². The van der Waals surface area contributed by atoms with Crippen LogP contribution in [0.25, 0.3) is 11.0 Å². The number of rotatable bonds is 6. The number of nitrogens with one attached hydrogen (secondary N) is 2. The van der Waals surface area contributed by atoms with Crippen LogP contribution in [0.3, 0.4) is 0 Å². The summed E-state index contributed by atoms with van der Waals surface area (Å²) in [6, 6.07) is 13.9. The number of hydrogen-bond donors (Lipinski definition) is 2. The fraction of sp³-hybridized carbons (Fsp3) is 0.471. The second-order valence-corrected chi connectivity index (χ2v) is 14.6. The average molecular weight is 615 g/mol. The van der Waals surface area contributed by atoms with Gasteiger partial charge in [0.1, 0.15) is 11.6 Å².